The van der Waals surface area contributed by atoms with Gasteiger partial charge in [0.1, 0.15) is 12.2 Å². The zero-order chi connectivity index (χ0) is 18.2. The molecule has 2 N–H and O–H groups in total. The summed E-state index contributed by atoms with van der Waals surface area (Å²) >= 11 is 0. The minimum Gasteiger partial charge on any atom is -0.383 e. The first kappa shape index (κ1) is 22.4. The molecule has 0 aromatic carbocycles. The number of methoxy groups -OCH3 is 1. The van der Waals surface area contributed by atoms with Gasteiger partial charge in [0.15, 0.2) is 5.96 Å². The average Bonchev–Trinajstić information content (AvgIpc) is 3.12. The zero-order valence-corrected chi connectivity index (χ0v) is 18.4. The SMILES string of the molecule is CCNC(=NCc1c(C)nn(CCOC)c1C)NCc1ncnn1C.I. The second kappa shape index (κ2) is 11.1. The van der Waals surface area contributed by atoms with Crippen molar-refractivity contribution in [3.05, 3.63) is 29.1 Å². The van der Waals surface area contributed by atoms with Crippen LogP contribution in [0.2, 0.25) is 0 Å². The number of rotatable bonds is 8. The largest absolute Gasteiger partial charge is 0.383 e. The van der Waals surface area contributed by atoms with Gasteiger partial charge in [-0.3, -0.25) is 9.36 Å². The third-order valence-electron chi connectivity index (χ3n) is 4.00. The molecule has 146 valence electrons. The van der Waals surface area contributed by atoms with Gasteiger partial charge in [-0.1, -0.05) is 0 Å². The van der Waals surface area contributed by atoms with Crippen LogP contribution >= 0.6 is 24.0 Å². The third kappa shape index (κ3) is 5.94. The number of halogens is 1. The van der Waals surface area contributed by atoms with Gasteiger partial charge in [0.05, 0.1) is 31.9 Å². The van der Waals surface area contributed by atoms with Gasteiger partial charge in [0.25, 0.3) is 0 Å². The van der Waals surface area contributed by atoms with Gasteiger partial charge < -0.3 is 15.4 Å². The lowest BCUT2D eigenvalue weighted by atomic mass is 10.2. The van der Waals surface area contributed by atoms with E-state index in [1.807, 2.05) is 25.6 Å². The maximum Gasteiger partial charge on any atom is 0.191 e. The number of ether oxygens (including phenoxy) is 1. The molecule has 0 atom stereocenters. The number of nitrogens with zero attached hydrogens (tertiary/aromatic N) is 6. The monoisotopic (exact) mass is 476 g/mol. The third-order valence-corrected chi connectivity index (χ3v) is 4.00. The van der Waals surface area contributed by atoms with Gasteiger partial charge >= 0.3 is 0 Å². The lowest BCUT2D eigenvalue weighted by Gasteiger charge is -2.11. The minimum absolute atomic E-state index is 0. The van der Waals surface area contributed by atoms with Gasteiger partial charge in [0.2, 0.25) is 0 Å². The van der Waals surface area contributed by atoms with Gasteiger partial charge in [-0.05, 0) is 20.8 Å². The normalized spacial score (nSPS) is 11.3. The molecule has 0 amide bonds. The van der Waals surface area contributed by atoms with Crippen LogP contribution in [0, 0.1) is 13.8 Å². The number of aryl methyl sites for hydroxylation is 2. The Kier molecular flexibility index (Phi) is 9.55. The highest BCUT2D eigenvalue weighted by Crippen LogP contribution is 2.14. The predicted octanol–water partition coefficient (Wildman–Crippen LogP) is 1.15. The molecule has 2 rings (SSSR count). The minimum atomic E-state index is 0. The van der Waals surface area contributed by atoms with Crippen molar-refractivity contribution < 1.29 is 4.74 Å². The van der Waals surface area contributed by atoms with E-state index in [-0.39, 0.29) is 24.0 Å². The van der Waals surface area contributed by atoms with Crippen molar-refractivity contribution in [1.82, 2.24) is 35.2 Å². The highest BCUT2D eigenvalue weighted by molar-refractivity contribution is 14.0. The standard InChI is InChI=1S/C16H28N8O.HI/c1-6-17-16(19-10-15-20-11-21-23(15)4)18-9-14-12(2)22-24(13(14)3)7-8-25-5;/h11H,6-10H2,1-5H3,(H2,17,18,19);1H. The van der Waals surface area contributed by atoms with Crippen molar-refractivity contribution in [2.75, 3.05) is 20.3 Å². The highest BCUT2D eigenvalue weighted by Gasteiger charge is 2.11. The molecule has 0 unspecified atom stereocenters. The summed E-state index contributed by atoms with van der Waals surface area (Å²) < 4.78 is 8.85. The van der Waals surface area contributed by atoms with Crippen molar-refractivity contribution in [3.8, 4) is 0 Å². The highest BCUT2D eigenvalue weighted by atomic mass is 127. The van der Waals surface area contributed by atoms with Crippen LogP contribution in [-0.2, 0) is 31.4 Å². The fourth-order valence-corrected chi connectivity index (χ4v) is 2.50. The first-order valence-corrected chi connectivity index (χ1v) is 8.43. The lowest BCUT2D eigenvalue weighted by molar-refractivity contribution is 0.182. The molecule has 2 aromatic heterocycles. The number of aromatic nitrogens is 5. The van der Waals surface area contributed by atoms with Crippen LogP contribution in [0.15, 0.2) is 11.3 Å². The molecular formula is C16H29IN8O. The van der Waals surface area contributed by atoms with E-state index in [1.54, 1.807) is 18.1 Å². The van der Waals surface area contributed by atoms with Gasteiger partial charge in [-0.2, -0.15) is 10.2 Å². The maximum atomic E-state index is 5.14. The maximum absolute atomic E-state index is 5.14. The smallest absolute Gasteiger partial charge is 0.191 e. The first-order valence-electron chi connectivity index (χ1n) is 8.43. The number of guanidine groups is 1. The Morgan fingerprint density at radius 1 is 1.31 bits per heavy atom. The number of nitrogens with one attached hydrogen (secondary N) is 2. The number of hydrogen-bond donors (Lipinski definition) is 2. The van der Waals surface area contributed by atoms with Crippen LogP contribution in [0.4, 0.5) is 0 Å². The van der Waals surface area contributed by atoms with E-state index in [0.29, 0.717) is 19.7 Å². The Morgan fingerprint density at radius 3 is 2.69 bits per heavy atom. The summed E-state index contributed by atoms with van der Waals surface area (Å²) in [4.78, 5) is 8.89. The molecular weight excluding hydrogens is 447 g/mol. The van der Waals surface area contributed by atoms with Crippen LogP contribution in [0.25, 0.3) is 0 Å². The molecule has 0 aliphatic heterocycles. The van der Waals surface area contributed by atoms with Crippen LogP contribution < -0.4 is 10.6 Å². The summed E-state index contributed by atoms with van der Waals surface area (Å²) in [5.41, 5.74) is 3.27. The van der Waals surface area contributed by atoms with Gasteiger partial charge in [-0.25, -0.2) is 9.98 Å². The van der Waals surface area contributed by atoms with Crippen molar-refractivity contribution >= 4 is 29.9 Å². The molecule has 0 bridgehead atoms. The second-order valence-electron chi connectivity index (χ2n) is 5.71. The average molecular weight is 476 g/mol. The Bertz CT molecular complexity index is 709. The molecule has 0 spiro atoms. The molecule has 0 radical (unpaired) electrons. The van der Waals surface area contributed by atoms with Crippen molar-refractivity contribution in [2.45, 2.75) is 40.4 Å². The molecule has 0 aliphatic carbocycles. The van der Waals surface area contributed by atoms with Gasteiger partial charge in [0, 0.05) is 32.0 Å². The van der Waals surface area contributed by atoms with E-state index in [9.17, 15) is 0 Å². The Morgan fingerprint density at radius 2 is 2.08 bits per heavy atom. The van der Waals surface area contributed by atoms with Crippen LogP contribution in [-0.4, -0.2) is 50.8 Å². The summed E-state index contributed by atoms with van der Waals surface area (Å²) in [6.07, 6.45) is 1.54. The molecule has 0 fully saturated rings. The van der Waals surface area contributed by atoms with E-state index < -0.39 is 0 Å². The molecule has 0 aliphatic rings. The predicted molar refractivity (Wildman–Crippen MR) is 112 cm³/mol. The van der Waals surface area contributed by atoms with Crippen molar-refractivity contribution in [1.29, 1.82) is 0 Å². The summed E-state index contributed by atoms with van der Waals surface area (Å²) in [6.45, 7) is 9.44. The summed E-state index contributed by atoms with van der Waals surface area (Å²) in [7, 11) is 3.57. The molecule has 10 heteroatoms. The Labute approximate surface area is 171 Å². The number of aliphatic imine (C=N–C) groups is 1. The van der Waals surface area contributed by atoms with E-state index in [2.05, 4.69) is 37.7 Å². The molecule has 0 saturated heterocycles. The van der Waals surface area contributed by atoms with Crippen LogP contribution in [0.1, 0.15) is 29.7 Å². The molecule has 9 nitrogen and oxygen atoms in total. The van der Waals surface area contributed by atoms with Crippen molar-refractivity contribution in [2.24, 2.45) is 12.0 Å². The number of hydrogen-bond acceptors (Lipinski definition) is 5. The van der Waals surface area contributed by atoms with Crippen molar-refractivity contribution in [3.63, 3.8) is 0 Å². The Balaban J connectivity index is 0.00000338. The molecule has 0 saturated carbocycles. The van der Waals surface area contributed by atoms with E-state index in [4.69, 9.17) is 4.74 Å². The molecule has 2 aromatic rings. The summed E-state index contributed by atoms with van der Waals surface area (Å²) in [5, 5.41) is 15.2. The molecule has 2 heterocycles. The van der Waals surface area contributed by atoms with Crippen LogP contribution in [0.5, 0.6) is 0 Å². The summed E-state index contributed by atoms with van der Waals surface area (Å²) in [6, 6.07) is 0. The van der Waals surface area contributed by atoms with Crippen LogP contribution in [0.3, 0.4) is 0 Å². The zero-order valence-electron chi connectivity index (χ0n) is 16.1. The van der Waals surface area contributed by atoms with E-state index >= 15 is 0 Å². The van der Waals surface area contributed by atoms with Gasteiger partial charge in [-0.15, -0.1) is 24.0 Å². The first-order chi connectivity index (χ1) is 12.1. The second-order valence-corrected chi connectivity index (χ2v) is 5.71. The lowest BCUT2D eigenvalue weighted by Crippen LogP contribution is -2.37. The fourth-order valence-electron chi connectivity index (χ4n) is 2.50. The quantitative estimate of drug-likeness (QED) is 0.337. The topological polar surface area (TPSA) is 94.2 Å². The van der Waals surface area contributed by atoms with E-state index in [0.717, 1.165) is 41.8 Å². The molecule has 26 heavy (non-hydrogen) atoms. The van der Waals surface area contributed by atoms with E-state index in [1.165, 1.54) is 0 Å². The Hall–Kier alpha value is -1.69. The fraction of sp³-hybridized carbons (Fsp3) is 0.625. The summed E-state index contributed by atoms with van der Waals surface area (Å²) in [5.74, 6) is 1.60.